The third-order valence-corrected chi connectivity index (χ3v) is 3.64. The summed E-state index contributed by atoms with van der Waals surface area (Å²) in [6.45, 7) is 1.69. The second kappa shape index (κ2) is 6.23. The molecule has 0 aliphatic rings. The van der Waals surface area contributed by atoms with E-state index in [4.69, 9.17) is 4.74 Å². The third-order valence-electron chi connectivity index (χ3n) is 3.64. The van der Waals surface area contributed by atoms with Crippen LogP contribution in [-0.2, 0) is 0 Å². The molecule has 1 heterocycles. The Kier molecular flexibility index (Phi) is 4.12. The topological polar surface area (TPSA) is 51.2 Å². The number of ether oxygens (including phenoxy) is 1. The highest BCUT2D eigenvalue weighted by Gasteiger charge is 2.14. The molecule has 0 unspecified atom stereocenters. The van der Waals surface area contributed by atoms with Crippen molar-refractivity contribution in [2.45, 2.75) is 6.92 Å². The molecule has 1 amide bonds. The summed E-state index contributed by atoms with van der Waals surface area (Å²) in [5, 5.41) is 3.19. The zero-order chi connectivity index (χ0) is 17.3. The molecule has 4 nitrogen and oxygen atoms in total. The fraction of sp³-hybridized carbons (Fsp3) is 0.111. The van der Waals surface area contributed by atoms with E-state index in [-0.39, 0.29) is 5.69 Å². The van der Waals surface area contributed by atoms with Crippen molar-refractivity contribution in [1.82, 2.24) is 4.98 Å². The number of aromatic nitrogens is 1. The number of carbonyl (C=O) groups is 1. The first-order chi connectivity index (χ1) is 11.5. The first kappa shape index (κ1) is 15.9. The van der Waals surface area contributed by atoms with Gasteiger partial charge in [-0.15, -0.1) is 0 Å². The lowest BCUT2D eigenvalue weighted by Gasteiger charge is -2.10. The zero-order valence-electron chi connectivity index (χ0n) is 13.1. The van der Waals surface area contributed by atoms with Crippen LogP contribution in [0, 0.1) is 18.6 Å². The Morgan fingerprint density at radius 3 is 2.62 bits per heavy atom. The minimum Gasteiger partial charge on any atom is -0.497 e. The molecule has 1 N–H and O–H groups in total. The minimum atomic E-state index is -0.834. The lowest BCUT2D eigenvalue weighted by Crippen LogP contribution is -2.15. The zero-order valence-corrected chi connectivity index (χ0v) is 13.1. The molecule has 0 atom stereocenters. The largest absolute Gasteiger partial charge is 0.497 e. The van der Waals surface area contributed by atoms with Crippen molar-refractivity contribution in [2.75, 3.05) is 12.4 Å². The van der Waals surface area contributed by atoms with Crippen molar-refractivity contribution in [3.05, 3.63) is 65.4 Å². The van der Waals surface area contributed by atoms with Crippen LogP contribution in [0.3, 0.4) is 0 Å². The molecule has 1 aromatic heterocycles. The fourth-order valence-corrected chi connectivity index (χ4v) is 2.38. The molecule has 0 aliphatic carbocycles. The number of benzene rings is 2. The van der Waals surface area contributed by atoms with Crippen LogP contribution in [0.25, 0.3) is 10.9 Å². The maximum Gasteiger partial charge on any atom is 0.257 e. The molecule has 3 aromatic rings. The number of carbonyl (C=O) groups excluding carboxylic acids is 1. The van der Waals surface area contributed by atoms with E-state index < -0.39 is 17.5 Å². The predicted octanol–water partition coefficient (Wildman–Crippen LogP) is 4.08. The quantitative estimate of drug-likeness (QED) is 0.788. The average Bonchev–Trinajstić information content (AvgIpc) is 2.56. The van der Waals surface area contributed by atoms with E-state index in [2.05, 4.69) is 10.3 Å². The Bertz CT molecular complexity index is 942. The van der Waals surface area contributed by atoms with Crippen LogP contribution in [0.1, 0.15) is 16.1 Å². The van der Waals surface area contributed by atoms with Gasteiger partial charge in [-0.05, 0) is 37.3 Å². The highest BCUT2D eigenvalue weighted by molar-refractivity contribution is 6.06. The van der Waals surface area contributed by atoms with Crippen molar-refractivity contribution in [2.24, 2.45) is 0 Å². The van der Waals surface area contributed by atoms with Gasteiger partial charge in [0.1, 0.15) is 17.4 Å². The van der Waals surface area contributed by atoms with Crippen LogP contribution in [0.4, 0.5) is 14.5 Å². The highest BCUT2D eigenvalue weighted by Crippen LogP contribution is 2.23. The van der Waals surface area contributed by atoms with Crippen LogP contribution >= 0.6 is 0 Å². The lowest BCUT2D eigenvalue weighted by atomic mass is 10.1. The van der Waals surface area contributed by atoms with Crippen molar-refractivity contribution >= 4 is 22.5 Å². The van der Waals surface area contributed by atoms with Gasteiger partial charge in [-0.25, -0.2) is 8.78 Å². The van der Waals surface area contributed by atoms with E-state index in [0.717, 1.165) is 11.5 Å². The van der Waals surface area contributed by atoms with Crippen LogP contribution < -0.4 is 10.1 Å². The second-order valence-electron chi connectivity index (χ2n) is 5.26. The first-order valence-corrected chi connectivity index (χ1v) is 7.20. The van der Waals surface area contributed by atoms with Gasteiger partial charge in [-0.1, -0.05) is 0 Å². The number of fused-ring (bicyclic) bond motifs is 1. The van der Waals surface area contributed by atoms with E-state index in [0.29, 0.717) is 28.6 Å². The maximum absolute atomic E-state index is 13.7. The number of hydrogen-bond donors (Lipinski definition) is 1. The predicted molar refractivity (Wildman–Crippen MR) is 87.3 cm³/mol. The van der Waals surface area contributed by atoms with Crippen molar-refractivity contribution < 1.29 is 18.3 Å². The molecular weight excluding hydrogens is 314 g/mol. The van der Waals surface area contributed by atoms with E-state index in [9.17, 15) is 13.6 Å². The van der Waals surface area contributed by atoms with Gasteiger partial charge in [-0.3, -0.25) is 9.78 Å². The van der Waals surface area contributed by atoms with E-state index in [1.54, 1.807) is 38.3 Å². The number of pyridine rings is 1. The van der Waals surface area contributed by atoms with Gasteiger partial charge in [0.2, 0.25) is 0 Å². The Labute approximate surface area is 137 Å². The van der Waals surface area contributed by atoms with Crippen molar-refractivity contribution in [1.29, 1.82) is 0 Å². The second-order valence-corrected chi connectivity index (χ2v) is 5.26. The summed E-state index contributed by atoms with van der Waals surface area (Å²) in [6.07, 6.45) is 0. The molecule has 0 spiro atoms. The first-order valence-electron chi connectivity index (χ1n) is 7.20. The van der Waals surface area contributed by atoms with Gasteiger partial charge < -0.3 is 10.1 Å². The number of aryl methyl sites for hydroxylation is 1. The summed E-state index contributed by atoms with van der Waals surface area (Å²) in [5.41, 5.74) is 1.42. The Morgan fingerprint density at radius 1 is 1.12 bits per heavy atom. The lowest BCUT2D eigenvalue weighted by molar-refractivity contribution is 0.102. The van der Waals surface area contributed by atoms with Gasteiger partial charge in [0, 0.05) is 17.5 Å². The molecular formula is C18H14F2N2O2. The smallest absolute Gasteiger partial charge is 0.257 e. The number of methoxy groups -OCH3 is 1. The number of nitrogens with one attached hydrogen (secondary N) is 1. The molecule has 0 radical (unpaired) electrons. The Morgan fingerprint density at radius 2 is 1.92 bits per heavy atom. The summed E-state index contributed by atoms with van der Waals surface area (Å²) >= 11 is 0. The summed E-state index contributed by atoms with van der Waals surface area (Å²) in [7, 11) is 1.56. The Balaban J connectivity index is 1.96. The van der Waals surface area contributed by atoms with Crippen LogP contribution in [0.15, 0.2) is 42.5 Å². The summed E-state index contributed by atoms with van der Waals surface area (Å²) in [4.78, 5) is 16.8. The minimum absolute atomic E-state index is 0.0874. The monoisotopic (exact) mass is 328 g/mol. The van der Waals surface area contributed by atoms with Gasteiger partial charge in [0.15, 0.2) is 0 Å². The highest BCUT2D eigenvalue weighted by atomic mass is 19.1. The molecule has 0 aliphatic heterocycles. The molecule has 2 aromatic carbocycles. The van der Waals surface area contributed by atoms with Crippen molar-refractivity contribution in [3.8, 4) is 5.75 Å². The molecule has 0 bridgehead atoms. The standard InChI is InChI=1S/C18H14F2N2O2/c1-10-14(7-11-3-5-13(24-2)9-17(11)21-10)18(23)22-16-6-4-12(19)8-15(16)20/h3-9H,1-2H3,(H,22,23). The van der Waals surface area contributed by atoms with E-state index in [1.165, 1.54) is 6.07 Å². The van der Waals surface area contributed by atoms with Crippen LogP contribution in [0.2, 0.25) is 0 Å². The maximum atomic E-state index is 13.7. The average molecular weight is 328 g/mol. The normalized spacial score (nSPS) is 10.7. The van der Waals surface area contributed by atoms with Gasteiger partial charge in [0.05, 0.1) is 29.6 Å². The molecule has 0 saturated heterocycles. The molecule has 3 rings (SSSR count). The van der Waals surface area contributed by atoms with Gasteiger partial charge in [-0.2, -0.15) is 0 Å². The SMILES string of the molecule is COc1ccc2cc(C(=O)Nc3ccc(F)cc3F)c(C)nc2c1. The Hall–Kier alpha value is -3.02. The molecule has 6 heteroatoms. The van der Waals surface area contributed by atoms with Crippen molar-refractivity contribution in [3.63, 3.8) is 0 Å². The van der Waals surface area contributed by atoms with Crippen LogP contribution in [-0.4, -0.2) is 18.0 Å². The molecule has 0 fully saturated rings. The number of hydrogen-bond acceptors (Lipinski definition) is 3. The summed E-state index contributed by atoms with van der Waals surface area (Å²) < 4.78 is 31.8. The number of anilines is 1. The molecule has 24 heavy (non-hydrogen) atoms. The number of halogens is 2. The summed E-state index contributed by atoms with van der Waals surface area (Å²) in [5.74, 6) is -1.38. The van der Waals surface area contributed by atoms with Gasteiger partial charge >= 0.3 is 0 Å². The van der Waals surface area contributed by atoms with E-state index in [1.807, 2.05) is 0 Å². The third kappa shape index (κ3) is 3.03. The van der Waals surface area contributed by atoms with Crippen LogP contribution in [0.5, 0.6) is 5.75 Å². The summed E-state index contributed by atoms with van der Waals surface area (Å²) in [6, 6.07) is 9.97. The molecule has 0 saturated carbocycles. The van der Waals surface area contributed by atoms with E-state index >= 15 is 0 Å². The van der Waals surface area contributed by atoms with Gasteiger partial charge in [0.25, 0.3) is 5.91 Å². The fourth-order valence-electron chi connectivity index (χ4n) is 2.38. The number of rotatable bonds is 3. The molecule has 122 valence electrons. The number of nitrogens with zero attached hydrogens (tertiary/aromatic N) is 1. The number of amides is 1.